The molecular formula is C8H13NO2. The lowest BCUT2D eigenvalue weighted by atomic mass is 10.1. The minimum Gasteiger partial charge on any atom is -0.389 e. The number of methoxy groups -OCH3 is 1. The Kier molecular flexibility index (Phi) is 2.65. The van der Waals surface area contributed by atoms with Crippen LogP contribution in [0, 0.1) is 0 Å². The third kappa shape index (κ3) is 2.05. The van der Waals surface area contributed by atoms with Gasteiger partial charge in [0.15, 0.2) is 6.10 Å². The van der Waals surface area contributed by atoms with Gasteiger partial charge < -0.3 is 9.57 Å². The molecule has 0 radical (unpaired) electrons. The van der Waals surface area contributed by atoms with Gasteiger partial charge in [-0.2, -0.15) is 0 Å². The van der Waals surface area contributed by atoms with Gasteiger partial charge in [0.2, 0.25) is 0 Å². The van der Waals surface area contributed by atoms with E-state index in [4.69, 9.17) is 9.57 Å². The SMILES string of the molecule is C=C(C)C1=NO[C@H](COC)C1. The summed E-state index contributed by atoms with van der Waals surface area (Å²) in [5.74, 6) is 0. The summed E-state index contributed by atoms with van der Waals surface area (Å²) in [6.45, 7) is 6.31. The minimum absolute atomic E-state index is 0.0895. The number of allylic oxidation sites excluding steroid dienone is 1. The van der Waals surface area contributed by atoms with Crippen LogP contribution in [0.15, 0.2) is 17.3 Å². The average Bonchev–Trinajstić information content (AvgIpc) is 2.37. The maximum Gasteiger partial charge on any atom is 0.156 e. The van der Waals surface area contributed by atoms with Gasteiger partial charge in [-0.15, -0.1) is 0 Å². The smallest absolute Gasteiger partial charge is 0.156 e. The zero-order valence-corrected chi connectivity index (χ0v) is 6.96. The second-order valence-corrected chi connectivity index (χ2v) is 2.71. The zero-order valence-electron chi connectivity index (χ0n) is 6.96. The Morgan fingerprint density at radius 3 is 3.09 bits per heavy atom. The summed E-state index contributed by atoms with van der Waals surface area (Å²) < 4.78 is 4.93. The van der Waals surface area contributed by atoms with Gasteiger partial charge in [-0.1, -0.05) is 11.7 Å². The third-order valence-corrected chi connectivity index (χ3v) is 1.58. The minimum atomic E-state index is 0.0895. The first-order valence-electron chi connectivity index (χ1n) is 3.61. The van der Waals surface area contributed by atoms with Crippen LogP contribution in [0.2, 0.25) is 0 Å². The summed E-state index contributed by atoms with van der Waals surface area (Å²) in [7, 11) is 1.65. The highest BCUT2D eigenvalue weighted by atomic mass is 16.7. The molecule has 0 unspecified atom stereocenters. The first kappa shape index (κ1) is 8.27. The molecule has 0 aromatic rings. The van der Waals surface area contributed by atoms with E-state index in [9.17, 15) is 0 Å². The van der Waals surface area contributed by atoms with Crippen LogP contribution in [0.3, 0.4) is 0 Å². The second kappa shape index (κ2) is 3.53. The van der Waals surface area contributed by atoms with Gasteiger partial charge in [-0.05, 0) is 12.5 Å². The Morgan fingerprint density at radius 1 is 1.91 bits per heavy atom. The van der Waals surface area contributed by atoms with Gasteiger partial charge in [0.05, 0.1) is 12.3 Å². The molecule has 0 saturated carbocycles. The molecule has 0 spiro atoms. The Hall–Kier alpha value is -0.830. The van der Waals surface area contributed by atoms with Crippen molar-refractivity contribution in [2.24, 2.45) is 5.16 Å². The van der Waals surface area contributed by atoms with Gasteiger partial charge in [-0.3, -0.25) is 0 Å². The van der Waals surface area contributed by atoms with Crippen LogP contribution in [0.1, 0.15) is 13.3 Å². The molecule has 3 nitrogen and oxygen atoms in total. The van der Waals surface area contributed by atoms with Crippen LogP contribution in [0.4, 0.5) is 0 Å². The molecule has 11 heavy (non-hydrogen) atoms. The number of hydrogen-bond donors (Lipinski definition) is 0. The molecule has 0 N–H and O–H groups in total. The Labute approximate surface area is 66.7 Å². The molecule has 62 valence electrons. The van der Waals surface area contributed by atoms with Crippen LogP contribution >= 0.6 is 0 Å². The van der Waals surface area contributed by atoms with Crippen molar-refractivity contribution < 1.29 is 9.57 Å². The number of ether oxygens (including phenoxy) is 1. The highest BCUT2D eigenvalue weighted by Crippen LogP contribution is 2.14. The van der Waals surface area contributed by atoms with Gasteiger partial charge in [0.1, 0.15) is 0 Å². The molecule has 0 aromatic carbocycles. The van der Waals surface area contributed by atoms with E-state index >= 15 is 0 Å². The molecule has 0 fully saturated rings. The predicted octanol–water partition coefficient (Wildman–Crippen LogP) is 1.35. The lowest BCUT2D eigenvalue weighted by molar-refractivity contribution is 0.0208. The summed E-state index contributed by atoms with van der Waals surface area (Å²) in [5, 5.41) is 3.87. The summed E-state index contributed by atoms with van der Waals surface area (Å²) in [6.07, 6.45) is 0.912. The standard InChI is InChI=1S/C8H13NO2/c1-6(2)8-4-7(5-10-3)11-9-8/h7H,1,4-5H2,2-3H3/t7-/m0/s1. The molecule has 3 heteroatoms. The summed E-state index contributed by atoms with van der Waals surface area (Å²) in [5.41, 5.74) is 1.93. The van der Waals surface area contributed by atoms with E-state index in [2.05, 4.69) is 11.7 Å². The highest BCUT2D eigenvalue weighted by Gasteiger charge is 2.20. The van der Waals surface area contributed by atoms with E-state index in [1.165, 1.54) is 0 Å². The van der Waals surface area contributed by atoms with E-state index in [1.54, 1.807) is 7.11 Å². The van der Waals surface area contributed by atoms with Gasteiger partial charge in [0.25, 0.3) is 0 Å². The maximum atomic E-state index is 5.07. The van der Waals surface area contributed by atoms with E-state index in [-0.39, 0.29) is 6.10 Å². The number of hydrogen-bond acceptors (Lipinski definition) is 3. The Morgan fingerprint density at radius 2 is 2.64 bits per heavy atom. The molecule has 1 aliphatic rings. The number of rotatable bonds is 3. The van der Waals surface area contributed by atoms with E-state index in [0.29, 0.717) is 6.61 Å². The van der Waals surface area contributed by atoms with E-state index < -0.39 is 0 Å². The first-order chi connectivity index (χ1) is 5.24. The molecular weight excluding hydrogens is 142 g/mol. The Balaban J connectivity index is 2.37. The fraction of sp³-hybridized carbons (Fsp3) is 0.625. The lowest BCUT2D eigenvalue weighted by Gasteiger charge is -2.04. The van der Waals surface area contributed by atoms with Gasteiger partial charge in [0, 0.05) is 13.5 Å². The third-order valence-electron chi connectivity index (χ3n) is 1.58. The fourth-order valence-electron chi connectivity index (χ4n) is 0.956. The average molecular weight is 155 g/mol. The molecule has 1 atom stereocenters. The van der Waals surface area contributed by atoms with E-state index in [1.807, 2.05) is 6.92 Å². The highest BCUT2D eigenvalue weighted by molar-refractivity contribution is 5.99. The number of nitrogens with zero attached hydrogens (tertiary/aromatic N) is 1. The molecule has 0 bridgehead atoms. The summed E-state index contributed by atoms with van der Waals surface area (Å²) >= 11 is 0. The van der Waals surface area contributed by atoms with Crippen LogP contribution in [0.5, 0.6) is 0 Å². The molecule has 0 aliphatic carbocycles. The quantitative estimate of drug-likeness (QED) is 0.616. The molecule has 1 heterocycles. The molecule has 1 aliphatic heterocycles. The maximum absolute atomic E-state index is 5.07. The zero-order chi connectivity index (χ0) is 8.27. The van der Waals surface area contributed by atoms with Crippen molar-refractivity contribution in [2.75, 3.05) is 13.7 Å². The first-order valence-corrected chi connectivity index (χ1v) is 3.61. The second-order valence-electron chi connectivity index (χ2n) is 2.71. The van der Waals surface area contributed by atoms with Crippen molar-refractivity contribution in [1.82, 2.24) is 0 Å². The largest absolute Gasteiger partial charge is 0.389 e. The van der Waals surface area contributed by atoms with Gasteiger partial charge >= 0.3 is 0 Å². The molecule has 0 amide bonds. The summed E-state index contributed by atoms with van der Waals surface area (Å²) in [4.78, 5) is 5.07. The number of oxime groups is 1. The van der Waals surface area contributed by atoms with Crippen LogP contribution < -0.4 is 0 Å². The summed E-state index contributed by atoms with van der Waals surface area (Å²) in [6, 6.07) is 0. The van der Waals surface area contributed by atoms with Crippen LogP contribution in [0.25, 0.3) is 0 Å². The van der Waals surface area contributed by atoms with Crippen molar-refractivity contribution in [3.05, 3.63) is 12.2 Å². The fourth-order valence-corrected chi connectivity index (χ4v) is 0.956. The molecule has 0 saturated heterocycles. The molecule has 1 rings (SSSR count). The topological polar surface area (TPSA) is 30.8 Å². The Bertz CT molecular complexity index is 187. The van der Waals surface area contributed by atoms with Crippen LogP contribution in [-0.2, 0) is 9.57 Å². The predicted molar refractivity (Wildman–Crippen MR) is 43.6 cm³/mol. The van der Waals surface area contributed by atoms with Crippen molar-refractivity contribution in [3.63, 3.8) is 0 Å². The van der Waals surface area contributed by atoms with Crippen molar-refractivity contribution >= 4 is 5.71 Å². The van der Waals surface area contributed by atoms with E-state index in [0.717, 1.165) is 17.7 Å². The lowest BCUT2D eigenvalue weighted by Crippen LogP contribution is -2.14. The van der Waals surface area contributed by atoms with Crippen molar-refractivity contribution in [2.45, 2.75) is 19.4 Å². The van der Waals surface area contributed by atoms with Crippen molar-refractivity contribution in [3.8, 4) is 0 Å². The van der Waals surface area contributed by atoms with Gasteiger partial charge in [-0.25, -0.2) is 0 Å². The molecule has 0 aromatic heterocycles. The monoisotopic (exact) mass is 155 g/mol. The van der Waals surface area contributed by atoms with Crippen molar-refractivity contribution in [1.29, 1.82) is 0 Å². The van der Waals surface area contributed by atoms with Crippen LogP contribution in [-0.4, -0.2) is 25.5 Å². The normalized spacial score (nSPS) is 22.7.